The number of aromatic nitrogens is 3. The Balaban J connectivity index is 2.38. The third-order valence-electron chi connectivity index (χ3n) is 2.87. The van der Waals surface area contributed by atoms with Crippen LogP contribution in [0.4, 0.5) is 0 Å². The van der Waals surface area contributed by atoms with Crippen molar-refractivity contribution in [2.24, 2.45) is 0 Å². The summed E-state index contributed by atoms with van der Waals surface area (Å²) in [7, 11) is 0. The van der Waals surface area contributed by atoms with Gasteiger partial charge in [-0.15, -0.1) is 0 Å². The number of benzene rings is 1. The number of halogens is 1. The number of hydrogen-bond acceptors (Lipinski definition) is 3. The van der Waals surface area contributed by atoms with E-state index in [9.17, 15) is 4.79 Å². The van der Waals surface area contributed by atoms with Crippen LogP contribution in [-0.2, 0) is 0 Å². The van der Waals surface area contributed by atoms with Crippen molar-refractivity contribution in [3.05, 3.63) is 52.9 Å². The third kappa shape index (κ3) is 1.90. The number of nitrogens with zero attached hydrogens (tertiary/aromatic N) is 3. The van der Waals surface area contributed by atoms with Crippen molar-refractivity contribution in [3.63, 3.8) is 0 Å². The van der Waals surface area contributed by atoms with E-state index >= 15 is 0 Å². The summed E-state index contributed by atoms with van der Waals surface area (Å²) in [6.07, 6.45) is 0.755. The van der Waals surface area contributed by atoms with Gasteiger partial charge in [-0.2, -0.15) is 0 Å². The number of imidazole rings is 1. The highest BCUT2D eigenvalue weighted by Crippen LogP contribution is 2.25. The molecule has 0 saturated carbocycles. The number of hydrogen-bond donors (Lipinski definition) is 0. The standard InChI is InChI=1S/C14H10ClN3O/c1-9-7-12(15)18-11(8-19)13(17-14(18)16-9)10-5-3-2-4-6-10/h2-8H,1H3. The SMILES string of the molecule is Cc1cc(Cl)n2c(C=O)c(-c3ccccc3)nc2n1. The fourth-order valence-corrected chi connectivity index (χ4v) is 2.37. The molecule has 0 N–H and O–H groups in total. The quantitative estimate of drug-likeness (QED) is 0.531. The zero-order valence-electron chi connectivity index (χ0n) is 10.2. The summed E-state index contributed by atoms with van der Waals surface area (Å²) in [6.45, 7) is 1.84. The molecule has 0 saturated heterocycles. The Morgan fingerprint density at radius 3 is 2.63 bits per heavy atom. The molecular weight excluding hydrogens is 262 g/mol. The summed E-state index contributed by atoms with van der Waals surface area (Å²) < 4.78 is 1.56. The first-order valence-electron chi connectivity index (χ1n) is 5.77. The van der Waals surface area contributed by atoms with Gasteiger partial charge >= 0.3 is 0 Å². The molecule has 5 heteroatoms. The third-order valence-corrected chi connectivity index (χ3v) is 3.15. The molecular formula is C14H10ClN3O. The second kappa shape index (κ2) is 4.48. The molecule has 0 bridgehead atoms. The van der Waals surface area contributed by atoms with Crippen LogP contribution in [0.5, 0.6) is 0 Å². The van der Waals surface area contributed by atoms with Crippen LogP contribution in [0, 0.1) is 6.92 Å². The van der Waals surface area contributed by atoms with Gasteiger partial charge in [0.2, 0.25) is 5.78 Å². The number of aryl methyl sites for hydroxylation is 1. The van der Waals surface area contributed by atoms with Crippen LogP contribution < -0.4 is 0 Å². The van der Waals surface area contributed by atoms with E-state index in [1.807, 2.05) is 37.3 Å². The molecule has 0 aliphatic carbocycles. The molecule has 0 aliphatic heterocycles. The molecule has 4 nitrogen and oxygen atoms in total. The van der Waals surface area contributed by atoms with Gasteiger partial charge in [0.25, 0.3) is 0 Å². The highest BCUT2D eigenvalue weighted by Gasteiger charge is 2.16. The van der Waals surface area contributed by atoms with Crippen LogP contribution in [-0.4, -0.2) is 20.7 Å². The zero-order chi connectivity index (χ0) is 13.4. The van der Waals surface area contributed by atoms with E-state index in [0.717, 1.165) is 17.5 Å². The van der Waals surface area contributed by atoms with Gasteiger partial charge in [-0.1, -0.05) is 41.9 Å². The number of carbonyl (C=O) groups excluding carboxylic acids is 1. The molecule has 19 heavy (non-hydrogen) atoms. The predicted octanol–water partition coefficient (Wildman–Crippen LogP) is 3.17. The fourth-order valence-electron chi connectivity index (χ4n) is 2.05. The Morgan fingerprint density at radius 1 is 1.21 bits per heavy atom. The molecule has 94 valence electrons. The lowest BCUT2D eigenvalue weighted by Gasteiger charge is -2.00. The van der Waals surface area contributed by atoms with Crippen molar-refractivity contribution in [3.8, 4) is 11.3 Å². The van der Waals surface area contributed by atoms with Gasteiger partial charge in [0.05, 0.1) is 0 Å². The topological polar surface area (TPSA) is 47.3 Å². The second-order valence-electron chi connectivity index (χ2n) is 4.19. The van der Waals surface area contributed by atoms with Crippen LogP contribution in [0.2, 0.25) is 5.15 Å². The fraction of sp³-hybridized carbons (Fsp3) is 0.0714. The normalized spacial score (nSPS) is 10.8. The molecule has 2 heterocycles. The van der Waals surface area contributed by atoms with Gasteiger partial charge < -0.3 is 0 Å². The van der Waals surface area contributed by atoms with Crippen molar-refractivity contribution in [2.45, 2.75) is 6.92 Å². The van der Waals surface area contributed by atoms with E-state index in [1.165, 1.54) is 0 Å². The van der Waals surface area contributed by atoms with Crippen LogP contribution >= 0.6 is 11.6 Å². The zero-order valence-corrected chi connectivity index (χ0v) is 10.9. The van der Waals surface area contributed by atoms with Crippen LogP contribution in [0.1, 0.15) is 16.2 Å². The first-order chi connectivity index (χ1) is 9.20. The molecule has 2 aromatic heterocycles. The summed E-state index contributed by atoms with van der Waals surface area (Å²) in [5.74, 6) is 0.436. The first kappa shape index (κ1) is 11.9. The molecule has 0 atom stereocenters. The predicted molar refractivity (Wildman–Crippen MR) is 73.6 cm³/mol. The average molecular weight is 272 g/mol. The van der Waals surface area contributed by atoms with E-state index in [0.29, 0.717) is 22.3 Å². The second-order valence-corrected chi connectivity index (χ2v) is 4.57. The van der Waals surface area contributed by atoms with Crippen molar-refractivity contribution in [1.82, 2.24) is 14.4 Å². The lowest BCUT2D eigenvalue weighted by molar-refractivity contribution is 0.111. The van der Waals surface area contributed by atoms with E-state index in [1.54, 1.807) is 10.5 Å². The summed E-state index contributed by atoms with van der Waals surface area (Å²) in [4.78, 5) is 20.1. The molecule has 3 rings (SSSR count). The minimum absolute atomic E-state index is 0.415. The van der Waals surface area contributed by atoms with Gasteiger partial charge in [0.15, 0.2) is 6.29 Å². The van der Waals surface area contributed by atoms with E-state index in [-0.39, 0.29) is 0 Å². The van der Waals surface area contributed by atoms with E-state index in [4.69, 9.17) is 11.6 Å². The molecule has 0 unspecified atom stereocenters. The highest BCUT2D eigenvalue weighted by molar-refractivity contribution is 6.30. The summed E-state index contributed by atoms with van der Waals surface area (Å²) in [5.41, 5.74) is 2.64. The van der Waals surface area contributed by atoms with E-state index < -0.39 is 0 Å². The van der Waals surface area contributed by atoms with Gasteiger partial charge in [-0.3, -0.25) is 9.20 Å². The minimum Gasteiger partial charge on any atom is -0.296 e. The first-order valence-corrected chi connectivity index (χ1v) is 6.14. The Morgan fingerprint density at radius 2 is 1.95 bits per heavy atom. The number of fused-ring (bicyclic) bond motifs is 1. The van der Waals surface area contributed by atoms with Crippen molar-refractivity contribution in [2.75, 3.05) is 0 Å². The Hall–Kier alpha value is -2.20. The lowest BCUT2D eigenvalue weighted by Crippen LogP contribution is -1.97. The van der Waals surface area contributed by atoms with Crippen LogP contribution in [0.15, 0.2) is 36.4 Å². The molecule has 0 amide bonds. The lowest BCUT2D eigenvalue weighted by atomic mass is 10.1. The monoisotopic (exact) mass is 271 g/mol. The summed E-state index contributed by atoms with van der Waals surface area (Å²) in [5, 5.41) is 0.430. The Labute approximate surface area is 114 Å². The van der Waals surface area contributed by atoms with Gasteiger partial charge in [-0.25, -0.2) is 9.97 Å². The number of aldehydes is 1. The molecule has 3 aromatic rings. The van der Waals surface area contributed by atoms with E-state index in [2.05, 4.69) is 9.97 Å². The summed E-state index contributed by atoms with van der Waals surface area (Å²) in [6, 6.07) is 11.2. The van der Waals surface area contributed by atoms with Crippen LogP contribution in [0.3, 0.4) is 0 Å². The maximum absolute atomic E-state index is 11.4. The molecule has 1 aromatic carbocycles. The smallest absolute Gasteiger partial charge is 0.236 e. The van der Waals surface area contributed by atoms with Crippen LogP contribution in [0.25, 0.3) is 17.0 Å². The molecule has 0 spiro atoms. The largest absolute Gasteiger partial charge is 0.296 e. The Bertz CT molecular complexity index is 765. The average Bonchev–Trinajstić information content (AvgIpc) is 2.78. The minimum atomic E-state index is 0.415. The molecule has 0 fully saturated rings. The summed E-state index contributed by atoms with van der Waals surface area (Å²) >= 11 is 6.17. The maximum atomic E-state index is 11.4. The van der Waals surface area contributed by atoms with Crippen molar-refractivity contribution in [1.29, 1.82) is 0 Å². The van der Waals surface area contributed by atoms with Crippen molar-refractivity contribution < 1.29 is 4.79 Å². The Kier molecular flexibility index (Phi) is 2.80. The van der Waals surface area contributed by atoms with Gasteiger partial charge in [0, 0.05) is 11.3 Å². The number of carbonyl (C=O) groups is 1. The molecule has 0 aliphatic rings. The maximum Gasteiger partial charge on any atom is 0.236 e. The number of rotatable bonds is 2. The van der Waals surface area contributed by atoms with Crippen molar-refractivity contribution >= 4 is 23.7 Å². The van der Waals surface area contributed by atoms with Gasteiger partial charge in [-0.05, 0) is 13.0 Å². The molecule has 0 radical (unpaired) electrons. The van der Waals surface area contributed by atoms with Gasteiger partial charge in [0.1, 0.15) is 16.5 Å². The highest BCUT2D eigenvalue weighted by atomic mass is 35.5.